The quantitative estimate of drug-likeness (QED) is 0.247. The van der Waals surface area contributed by atoms with Crippen LogP contribution in [0, 0.1) is 10.1 Å². The van der Waals surface area contributed by atoms with Crippen LogP contribution in [0.1, 0.15) is 39.0 Å². The highest BCUT2D eigenvalue weighted by atomic mass is 32.2. The molecule has 1 unspecified atom stereocenters. The molecule has 0 aromatic heterocycles. The third-order valence-corrected chi connectivity index (χ3v) is 3.45. The van der Waals surface area contributed by atoms with Crippen molar-refractivity contribution in [3.8, 4) is 0 Å². The fourth-order valence-electron chi connectivity index (χ4n) is 1.37. The Morgan fingerprint density at radius 2 is 2.00 bits per heavy atom. The van der Waals surface area contributed by atoms with Crippen LogP contribution in [0.2, 0.25) is 0 Å². The summed E-state index contributed by atoms with van der Waals surface area (Å²) < 4.78 is 4.92. The van der Waals surface area contributed by atoms with Gasteiger partial charge in [-0.05, 0) is 19.3 Å². The molecule has 0 aliphatic carbocycles. The van der Waals surface area contributed by atoms with Crippen LogP contribution in [0.3, 0.4) is 0 Å². The van der Waals surface area contributed by atoms with E-state index in [2.05, 4.69) is 4.84 Å². The van der Waals surface area contributed by atoms with E-state index in [4.69, 9.17) is 10.5 Å². The Kier molecular flexibility index (Phi) is 11.6. The van der Waals surface area contributed by atoms with Crippen molar-refractivity contribution >= 4 is 22.8 Å². The number of carbonyl (C=O) groups excluding carboxylic acids is 2. The minimum atomic E-state index is -0.858. The molecule has 0 radical (unpaired) electrons. The first-order valence-corrected chi connectivity index (χ1v) is 7.81. The topological polar surface area (TPSA) is 122 Å². The van der Waals surface area contributed by atoms with Crippen LogP contribution in [-0.2, 0) is 19.2 Å². The Labute approximate surface area is 127 Å². The molecule has 0 aliphatic rings. The van der Waals surface area contributed by atoms with Gasteiger partial charge in [-0.25, -0.2) is 0 Å². The molecule has 0 fully saturated rings. The summed E-state index contributed by atoms with van der Waals surface area (Å²) in [5, 5.41) is 8.89. The molecule has 0 heterocycles. The summed E-state index contributed by atoms with van der Waals surface area (Å²) in [7, 11) is 0. The smallest absolute Gasteiger partial charge is 0.306 e. The summed E-state index contributed by atoms with van der Waals surface area (Å²) in [6.07, 6.45) is 2.55. The van der Waals surface area contributed by atoms with E-state index >= 15 is 0 Å². The third-order valence-electron chi connectivity index (χ3n) is 2.45. The predicted molar refractivity (Wildman–Crippen MR) is 78.1 cm³/mol. The molecule has 1 atom stereocenters. The Morgan fingerprint density at radius 1 is 1.33 bits per heavy atom. The van der Waals surface area contributed by atoms with E-state index in [0.717, 1.165) is 18.2 Å². The van der Waals surface area contributed by atoms with Gasteiger partial charge in [0.05, 0.1) is 25.7 Å². The van der Waals surface area contributed by atoms with Crippen molar-refractivity contribution in [1.29, 1.82) is 0 Å². The molecule has 0 aliphatic heterocycles. The second kappa shape index (κ2) is 12.4. The monoisotopic (exact) mass is 322 g/mol. The highest BCUT2D eigenvalue weighted by molar-refractivity contribution is 8.13. The fraction of sp³-hybridized carbons (Fsp3) is 0.833. The number of nitrogens with two attached hydrogens (primary N) is 1. The van der Waals surface area contributed by atoms with Crippen molar-refractivity contribution in [3.05, 3.63) is 10.1 Å². The van der Waals surface area contributed by atoms with Crippen molar-refractivity contribution < 1.29 is 24.3 Å². The first-order chi connectivity index (χ1) is 9.97. The normalized spacial score (nSPS) is 11.7. The van der Waals surface area contributed by atoms with Crippen molar-refractivity contribution in [1.82, 2.24) is 0 Å². The van der Waals surface area contributed by atoms with Gasteiger partial charge in [0.25, 0.3) is 5.09 Å². The number of thioether (sulfide) groups is 1. The van der Waals surface area contributed by atoms with Gasteiger partial charge in [0.1, 0.15) is 0 Å². The van der Waals surface area contributed by atoms with E-state index in [1.54, 1.807) is 0 Å². The molecular formula is C12H22N2O6S. The van der Waals surface area contributed by atoms with Crippen LogP contribution in [0.5, 0.6) is 0 Å². The van der Waals surface area contributed by atoms with Gasteiger partial charge in [-0.2, -0.15) is 0 Å². The standard InChI is InChI=1S/C12H22N2O6S/c1-2-5-10(13)12(16)21-9-6-11(15)19-7-3-4-8-20-14(17)18/h10H,2-9,13H2,1H3. The van der Waals surface area contributed by atoms with Crippen molar-refractivity contribution in [2.45, 2.75) is 45.1 Å². The lowest BCUT2D eigenvalue weighted by Gasteiger charge is -2.08. The van der Waals surface area contributed by atoms with Crippen LogP contribution in [0.25, 0.3) is 0 Å². The van der Waals surface area contributed by atoms with E-state index in [-0.39, 0.29) is 24.7 Å². The van der Waals surface area contributed by atoms with Gasteiger partial charge in [-0.3, -0.25) is 9.59 Å². The molecule has 0 bridgehead atoms. The van der Waals surface area contributed by atoms with Crippen LogP contribution < -0.4 is 5.73 Å². The lowest BCUT2D eigenvalue weighted by molar-refractivity contribution is -0.757. The zero-order valence-electron chi connectivity index (χ0n) is 12.1. The molecular weight excluding hydrogens is 300 g/mol. The molecule has 9 heteroatoms. The minimum Gasteiger partial charge on any atom is -0.466 e. The number of nitrogens with zero attached hydrogens (tertiary/aromatic N) is 1. The SMILES string of the molecule is CCCC(N)C(=O)SCCC(=O)OCCCCO[N+](=O)[O-]. The van der Waals surface area contributed by atoms with Crippen molar-refractivity contribution in [2.24, 2.45) is 5.73 Å². The third kappa shape index (κ3) is 12.1. The number of hydrogen-bond donors (Lipinski definition) is 1. The Balaban J connectivity index is 3.50. The highest BCUT2D eigenvalue weighted by Crippen LogP contribution is 2.10. The van der Waals surface area contributed by atoms with Crippen LogP contribution in [0.15, 0.2) is 0 Å². The zero-order valence-corrected chi connectivity index (χ0v) is 12.9. The number of hydrogen-bond acceptors (Lipinski definition) is 8. The molecule has 0 rings (SSSR count). The summed E-state index contributed by atoms with van der Waals surface area (Å²) in [4.78, 5) is 36.8. The maximum absolute atomic E-state index is 11.5. The maximum Gasteiger partial charge on any atom is 0.306 e. The van der Waals surface area contributed by atoms with Gasteiger partial charge in [0, 0.05) is 5.75 Å². The van der Waals surface area contributed by atoms with Gasteiger partial charge in [0.15, 0.2) is 0 Å². The summed E-state index contributed by atoms with van der Waals surface area (Å²) in [6.45, 7) is 2.13. The van der Waals surface area contributed by atoms with Gasteiger partial charge >= 0.3 is 5.97 Å². The molecule has 0 spiro atoms. The minimum absolute atomic E-state index is 0.00970. The summed E-state index contributed by atoms with van der Waals surface area (Å²) in [6, 6.07) is -0.474. The molecule has 21 heavy (non-hydrogen) atoms. The fourth-order valence-corrected chi connectivity index (χ4v) is 2.17. The number of ether oxygens (including phenoxy) is 1. The van der Waals surface area contributed by atoms with Gasteiger partial charge in [0.2, 0.25) is 5.12 Å². The lowest BCUT2D eigenvalue weighted by atomic mass is 10.2. The Hall–Kier alpha value is -1.35. The van der Waals surface area contributed by atoms with E-state index in [1.807, 2.05) is 6.92 Å². The first-order valence-electron chi connectivity index (χ1n) is 6.82. The largest absolute Gasteiger partial charge is 0.466 e. The summed E-state index contributed by atoms with van der Waals surface area (Å²) in [5.41, 5.74) is 5.65. The maximum atomic E-state index is 11.5. The van der Waals surface area contributed by atoms with E-state index in [1.165, 1.54) is 0 Å². The number of rotatable bonds is 12. The van der Waals surface area contributed by atoms with Crippen LogP contribution in [0.4, 0.5) is 0 Å². The Morgan fingerprint density at radius 3 is 2.62 bits per heavy atom. The summed E-state index contributed by atoms with van der Waals surface area (Å²) >= 11 is 1.04. The molecule has 0 saturated heterocycles. The molecule has 0 amide bonds. The lowest BCUT2D eigenvalue weighted by Crippen LogP contribution is -2.28. The average Bonchev–Trinajstić information content (AvgIpc) is 2.42. The molecule has 0 saturated carbocycles. The van der Waals surface area contributed by atoms with Crippen molar-refractivity contribution in [3.63, 3.8) is 0 Å². The predicted octanol–water partition coefficient (Wildman–Crippen LogP) is 1.30. The number of unbranched alkanes of at least 4 members (excludes halogenated alkanes) is 1. The number of esters is 1. The van der Waals surface area contributed by atoms with E-state index in [9.17, 15) is 19.7 Å². The molecule has 8 nitrogen and oxygen atoms in total. The first kappa shape index (κ1) is 19.7. The van der Waals surface area contributed by atoms with Gasteiger partial charge in [-0.15, -0.1) is 10.1 Å². The second-order valence-electron chi connectivity index (χ2n) is 4.30. The summed E-state index contributed by atoms with van der Waals surface area (Å²) in [5.74, 6) is -0.0472. The Bertz CT molecular complexity index is 340. The molecule has 122 valence electrons. The van der Waals surface area contributed by atoms with Crippen molar-refractivity contribution in [2.75, 3.05) is 19.0 Å². The second-order valence-corrected chi connectivity index (χ2v) is 5.40. The molecule has 0 aromatic carbocycles. The number of carbonyl (C=O) groups is 2. The van der Waals surface area contributed by atoms with E-state index in [0.29, 0.717) is 25.0 Å². The molecule has 0 aromatic rings. The highest BCUT2D eigenvalue weighted by Gasteiger charge is 2.13. The zero-order chi connectivity index (χ0) is 16.1. The average molecular weight is 322 g/mol. The van der Waals surface area contributed by atoms with Crippen LogP contribution >= 0.6 is 11.8 Å². The van der Waals surface area contributed by atoms with Crippen LogP contribution in [-0.4, -0.2) is 41.2 Å². The molecule has 2 N–H and O–H groups in total. The van der Waals surface area contributed by atoms with E-state index < -0.39 is 17.1 Å². The van der Waals surface area contributed by atoms with Gasteiger partial charge in [-0.1, -0.05) is 25.1 Å². The van der Waals surface area contributed by atoms with Gasteiger partial charge < -0.3 is 15.3 Å².